The molecule has 0 unspecified atom stereocenters. The molecule has 0 aliphatic carbocycles. The van der Waals surface area contributed by atoms with Gasteiger partial charge in [0.1, 0.15) is 0 Å². The molecule has 3 aromatic rings. The maximum absolute atomic E-state index is 13.1. The molecule has 5 nitrogen and oxygen atoms in total. The van der Waals surface area contributed by atoms with Crippen molar-refractivity contribution in [2.75, 3.05) is 26.2 Å². The van der Waals surface area contributed by atoms with Crippen LogP contribution in [0.5, 0.6) is 0 Å². The molecule has 7 heteroatoms. The topological polar surface area (TPSA) is 41.4 Å². The van der Waals surface area contributed by atoms with Gasteiger partial charge in [-0.3, -0.25) is 14.4 Å². The Hall–Kier alpha value is -1.96. The fraction of sp³-hybridized carbons (Fsp3) is 0.333. The van der Waals surface area contributed by atoms with Crippen LogP contribution in [0.2, 0.25) is 0 Å². The smallest absolute Gasteiger partial charge is 0.253 e. The van der Waals surface area contributed by atoms with E-state index in [1.807, 2.05) is 47.7 Å². The minimum atomic E-state index is 0.108. The van der Waals surface area contributed by atoms with Gasteiger partial charge in [0.25, 0.3) is 5.91 Å². The monoisotopic (exact) mass is 544 g/mol. The largest absolute Gasteiger partial charge is 0.336 e. The van der Waals surface area contributed by atoms with Crippen LogP contribution in [0.1, 0.15) is 32.9 Å². The van der Waals surface area contributed by atoms with E-state index in [9.17, 15) is 4.79 Å². The van der Waals surface area contributed by atoms with Gasteiger partial charge in [0.05, 0.1) is 22.4 Å². The molecule has 2 heterocycles. The lowest BCUT2D eigenvalue weighted by atomic mass is 10.1. The normalized spacial score (nSPS) is 14.8. The van der Waals surface area contributed by atoms with Crippen molar-refractivity contribution in [1.29, 1.82) is 0 Å². The zero-order chi connectivity index (χ0) is 22.0. The Morgan fingerprint density at radius 2 is 1.71 bits per heavy atom. The van der Waals surface area contributed by atoms with Gasteiger partial charge in [0, 0.05) is 42.8 Å². The van der Waals surface area contributed by atoms with Crippen molar-refractivity contribution < 1.29 is 4.79 Å². The van der Waals surface area contributed by atoms with E-state index < -0.39 is 0 Å². The molecule has 162 valence electrons. The third-order valence-corrected chi connectivity index (χ3v) is 7.73. The van der Waals surface area contributed by atoms with Crippen LogP contribution in [-0.2, 0) is 13.1 Å². The Labute approximate surface area is 200 Å². The molecule has 31 heavy (non-hydrogen) atoms. The lowest BCUT2D eigenvalue weighted by Crippen LogP contribution is -2.48. The summed E-state index contributed by atoms with van der Waals surface area (Å²) in [4.78, 5) is 17.5. The van der Waals surface area contributed by atoms with Gasteiger partial charge in [0.2, 0.25) is 0 Å². The highest BCUT2D eigenvalue weighted by atomic mass is 79.9. The number of hydrogen-bond donors (Lipinski definition) is 0. The van der Waals surface area contributed by atoms with Gasteiger partial charge >= 0.3 is 0 Å². The highest BCUT2D eigenvalue weighted by molar-refractivity contribution is 9.10. The van der Waals surface area contributed by atoms with E-state index >= 15 is 0 Å². The average Bonchev–Trinajstić information content (AvgIpc) is 3.02. The summed E-state index contributed by atoms with van der Waals surface area (Å²) >= 11 is 7.21. The first-order valence-corrected chi connectivity index (χ1v) is 12.0. The molecular weight excluding hydrogens is 520 g/mol. The predicted octanol–water partition coefficient (Wildman–Crippen LogP) is 5.03. The van der Waals surface area contributed by atoms with Crippen LogP contribution >= 0.6 is 31.9 Å². The summed E-state index contributed by atoms with van der Waals surface area (Å²) < 4.78 is 4.16. The second kappa shape index (κ2) is 9.67. The van der Waals surface area contributed by atoms with E-state index in [2.05, 4.69) is 66.1 Å². The van der Waals surface area contributed by atoms with Crippen molar-refractivity contribution in [3.63, 3.8) is 0 Å². The Morgan fingerprint density at radius 1 is 0.968 bits per heavy atom. The molecule has 0 bridgehead atoms. The maximum atomic E-state index is 13.1. The van der Waals surface area contributed by atoms with Gasteiger partial charge in [-0.25, -0.2) is 0 Å². The van der Waals surface area contributed by atoms with Crippen LogP contribution in [0.25, 0.3) is 0 Å². The number of rotatable bonds is 5. The molecule has 1 fully saturated rings. The number of amides is 1. The standard InChI is InChI=1S/C24H26Br2N4O/c1-17-23(26)18(2)30(27-17)15-19-6-5-8-20(14-19)24(31)29-12-10-28(11-13-29)16-21-7-3-4-9-22(21)25/h3-9,14H,10-13,15-16H2,1-2H3. The number of carbonyl (C=O) groups excluding carboxylic acids is 1. The summed E-state index contributed by atoms with van der Waals surface area (Å²) in [5.41, 5.74) is 5.18. The summed E-state index contributed by atoms with van der Waals surface area (Å²) in [6.07, 6.45) is 0. The number of carbonyl (C=O) groups is 1. The maximum Gasteiger partial charge on any atom is 0.253 e. The van der Waals surface area contributed by atoms with Gasteiger partial charge in [-0.1, -0.05) is 46.3 Å². The fourth-order valence-corrected chi connectivity index (χ4v) is 4.66. The molecule has 0 spiro atoms. The second-order valence-electron chi connectivity index (χ2n) is 8.00. The Balaban J connectivity index is 1.38. The van der Waals surface area contributed by atoms with Crippen LogP contribution in [0, 0.1) is 13.8 Å². The van der Waals surface area contributed by atoms with Gasteiger partial charge in [0.15, 0.2) is 0 Å². The van der Waals surface area contributed by atoms with Crippen molar-refractivity contribution in [3.05, 3.63) is 85.6 Å². The second-order valence-corrected chi connectivity index (χ2v) is 9.65. The van der Waals surface area contributed by atoms with Crippen molar-refractivity contribution in [1.82, 2.24) is 19.6 Å². The van der Waals surface area contributed by atoms with E-state index in [0.717, 1.165) is 64.2 Å². The van der Waals surface area contributed by atoms with Crippen LogP contribution < -0.4 is 0 Å². The first kappa shape index (κ1) is 22.2. The van der Waals surface area contributed by atoms with Crippen LogP contribution in [0.4, 0.5) is 0 Å². The van der Waals surface area contributed by atoms with Crippen LogP contribution in [0.3, 0.4) is 0 Å². The molecular formula is C24H26Br2N4O. The summed E-state index contributed by atoms with van der Waals surface area (Å²) in [7, 11) is 0. The molecule has 1 aliphatic rings. The number of hydrogen-bond acceptors (Lipinski definition) is 3. The minimum Gasteiger partial charge on any atom is -0.336 e. The number of nitrogens with zero attached hydrogens (tertiary/aromatic N) is 4. The van der Waals surface area contributed by atoms with Crippen molar-refractivity contribution >= 4 is 37.8 Å². The molecule has 0 N–H and O–H groups in total. The third-order valence-electron chi connectivity index (χ3n) is 5.81. The lowest BCUT2D eigenvalue weighted by molar-refractivity contribution is 0.0628. The van der Waals surface area contributed by atoms with E-state index in [4.69, 9.17) is 0 Å². The van der Waals surface area contributed by atoms with Gasteiger partial charge in [-0.2, -0.15) is 5.10 Å². The molecule has 1 amide bonds. The summed E-state index contributed by atoms with van der Waals surface area (Å²) in [6, 6.07) is 16.3. The quantitative estimate of drug-likeness (QED) is 0.451. The SMILES string of the molecule is Cc1nn(Cc2cccc(C(=O)N3CCN(Cc4ccccc4Br)CC3)c2)c(C)c1Br. The molecule has 1 saturated heterocycles. The number of aromatic nitrogens is 2. The zero-order valence-electron chi connectivity index (χ0n) is 17.8. The molecule has 1 aromatic heterocycles. The van der Waals surface area contributed by atoms with Gasteiger partial charge in [-0.05, 0) is 59.1 Å². The lowest BCUT2D eigenvalue weighted by Gasteiger charge is -2.35. The van der Waals surface area contributed by atoms with E-state index in [1.165, 1.54) is 5.56 Å². The van der Waals surface area contributed by atoms with Gasteiger partial charge < -0.3 is 4.90 Å². The fourth-order valence-electron chi connectivity index (χ4n) is 3.96. The average molecular weight is 546 g/mol. The Bertz CT molecular complexity index is 1090. The highest BCUT2D eigenvalue weighted by Gasteiger charge is 2.23. The molecule has 0 saturated carbocycles. The number of piperazine rings is 1. The van der Waals surface area contributed by atoms with Gasteiger partial charge in [-0.15, -0.1) is 0 Å². The molecule has 1 aliphatic heterocycles. The number of halogens is 2. The van der Waals surface area contributed by atoms with E-state index in [-0.39, 0.29) is 5.91 Å². The summed E-state index contributed by atoms with van der Waals surface area (Å²) in [5.74, 6) is 0.108. The number of benzene rings is 2. The molecule has 0 atom stereocenters. The van der Waals surface area contributed by atoms with Crippen molar-refractivity contribution in [2.24, 2.45) is 0 Å². The van der Waals surface area contributed by atoms with Crippen molar-refractivity contribution in [2.45, 2.75) is 26.9 Å². The van der Waals surface area contributed by atoms with Crippen molar-refractivity contribution in [3.8, 4) is 0 Å². The number of aryl methyl sites for hydroxylation is 1. The van der Waals surface area contributed by atoms with E-state index in [0.29, 0.717) is 6.54 Å². The Kier molecular flexibility index (Phi) is 6.94. The first-order valence-electron chi connectivity index (χ1n) is 10.5. The van der Waals surface area contributed by atoms with Crippen LogP contribution in [0.15, 0.2) is 57.5 Å². The molecule has 0 radical (unpaired) electrons. The third kappa shape index (κ3) is 5.10. The summed E-state index contributed by atoms with van der Waals surface area (Å²) in [6.45, 7) is 8.85. The summed E-state index contributed by atoms with van der Waals surface area (Å²) in [5, 5.41) is 4.58. The van der Waals surface area contributed by atoms with E-state index in [1.54, 1.807) is 0 Å². The molecule has 4 rings (SSSR count). The van der Waals surface area contributed by atoms with Crippen LogP contribution in [-0.4, -0.2) is 51.7 Å². The highest BCUT2D eigenvalue weighted by Crippen LogP contribution is 2.22. The minimum absolute atomic E-state index is 0.108. The first-order chi connectivity index (χ1) is 14.9. The molecule has 2 aromatic carbocycles. The zero-order valence-corrected chi connectivity index (χ0v) is 21.0. The Morgan fingerprint density at radius 3 is 2.39 bits per heavy atom. The predicted molar refractivity (Wildman–Crippen MR) is 130 cm³/mol.